The quantitative estimate of drug-likeness (QED) is 0.849. The van der Waals surface area contributed by atoms with Crippen molar-refractivity contribution < 1.29 is 18.7 Å². The van der Waals surface area contributed by atoms with Crippen molar-refractivity contribution in [3.8, 4) is 11.5 Å². The number of halogens is 2. The van der Waals surface area contributed by atoms with Crippen molar-refractivity contribution in [2.75, 3.05) is 6.61 Å². The highest BCUT2D eigenvalue weighted by molar-refractivity contribution is 9.10. The summed E-state index contributed by atoms with van der Waals surface area (Å²) < 4.78 is 24.8. The first kappa shape index (κ1) is 14.1. The second-order valence-electron chi connectivity index (χ2n) is 4.74. The molecule has 0 radical (unpaired) electrons. The molecule has 2 aromatic rings. The molecule has 1 aliphatic rings. The molecule has 2 aromatic carbocycles. The van der Waals surface area contributed by atoms with Crippen molar-refractivity contribution in [1.82, 2.24) is 0 Å². The van der Waals surface area contributed by atoms with Crippen LogP contribution < -0.4 is 9.47 Å². The van der Waals surface area contributed by atoms with E-state index in [2.05, 4.69) is 15.9 Å². The molecule has 0 amide bonds. The van der Waals surface area contributed by atoms with Gasteiger partial charge in [0.2, 0.25) is 0 Å². The van der Waals surface area contributed by atoms with Gasteiger partial charge in [-0.3, -0.25) is 4.79 Å². The summed E-state index contributed by atoms with van der Waals surface area (Å²) in [6.07, 6.45) is -0.478. The van der Waals surface area contributed by atoms with E-state index in [0.717, 1.165) is 5.56 Å². The second kappa shape index (κ2) is 5.85. The number of fused-ring (bicyclic) bond motifs is 1. The molecule has 1 heterocycles. The van der Waals surface area contributed by atoms with Gasteiger partial charge in [0.1, 0.15) is 12.4 Å². The lowest BCUT2D eigenvalue weighted by molar-refractivity contribution is -0.127. The molecule has 1 aliphatic heterocycles. The molecule has 0 N–H and O–H groups in total. The molecule has 21 heavy (non-hydrogen) atoms. The number of Topliss-reactive ketones (excluding diaryl/α,β-unsaturated/α-hetero) is 1. The predicted octanol–water partition coefficient (Wildman–Crippen LogP) is 3.54. The van der Waals surface area contributed by atoms with Crippen LogP contribution >= 0.6 is 15.9 Å². The number of benzene rings is 2. The average molecular weight is 351 g/mol. The summed E-state index contributed by atoms with van der Waals surface area (Å²) in [7, 11) is 0. The van der Waals surface area contributed by atoms with Gasteiger partial charge in [0.15, 0.2) is 23.4 Å². The van der Waals surface area contributed by atoms with E-state index in [4.69, 9.17) is 9.47 Å². The number of carbonyl (C=O) groups excluding carboxylic acids is 1. The maximum atomic E-state index is 13.0. The van der Waals surface area contributed by atoms with Crippen molar-refractivity contribution in [1.29, 1.82) is 0 Å². The van der Waals surface area contributed by atoms with Crippen LogP contribution in [0.4, 0.5) is 4.39 Å². The fourth-order valence-electron chi connectivity index (χ4n) is 2.14. The Balaban J connectivity index is 1.72. The molecule has 0 saturated heterocycles. The van der Waals surface area contributed by atoms with E-state index in [1.807, 2.05) is 12.1 Å². The average Bonchev–Trinajstić information content (AvgIpc) is 2.49. The summed E-state index contributed by atoms with van der Waals surface area (Å²) in [5.41, 5.74) is 0.726. The molecule has 3 nitrogen and oxygen atoms in total. The van der Waals surface area contributed by atoms with Crippen LogP contribution in [0.15, 0.2) is 46.9 Å². The van der Waals surface area contributed by atoms with Gasteiger partial charge in [-0.05, 0) is 29.8 Å². The summed E-state index contributed by atoms with van der Waals surface area (Å²) in [5.74, 6) is 0.769. The zero-order valence-corrected chi connectivity index (χ0v) is 12.6. The SMILES string of the molecule is O=C(Cc1ccc(F)cc1Br)C1COc2ccccc2O1. The molecule has 0 bridgehead atoms. The Hall–Kier alpha value is -1.88. The Bertz CT molecular complexity index is 687. The third-order valence-electron chi connectivity index (χ3n) is 3.25. The number of hydrogen-bond donors (Lipinski definition) is 0. The number of hydrogen-bond acceptors (Lipinski definition) is 3. The zero-order chi connectivity index (χ0) is 14.8. The zero-order valence-electron chi connectivity index (χ0n) is 11.0. The van der Waals surface area contributed by atoms with E-state index >= 15 is 0 Å². The van der Waals surface area contributed by atoms with Crippen molar-refractivity contribution in [3.05, 3.63) is 58.3 Å². The predicted molar refractivity (Wildman–Crippen MR) is 79.2 cm³/mol. The fraction of sp³-hybridized carbons (Fsp3) is 0.188. The normalized spacial score (nSPS) is 16.6. The summed E-state index contributed by atoms with van der Waals surface area (Å²) in [5, 5.41) is 0. The highest BCUT2D eigenvalue weighted by Crippen LogP contribution is 2.31. The van der Waals surface area contributed by atoms with Gasteiger partial charge >= 0.3 is 0 Å². The molecular formula is C16H12BrFO3. The van der Waals surface area contributed by atoms with E-state index in [9.17, 15) is 9.18 Å². The van der Waals surface area contributed by atoms with E-state index in [0.29, 0.717) is 16.0 Å². The summed E-state index contributed by atoms with van der Waals surface area (Å²) in [4.78, 5) is 12.3. The Kier molecular flexibility index (Phi) is 3.92. The first-order valence-electron chi connectivity index (χ1n) is 6.48. The molecule has 1 unspecified atom stereocenters. The van der Waals surface area contributed by atoms with Crippen LogP contribution in [-0.2, 0) is 11.2 Å². The third-order valence-corrected chi connectivity index (χ3v) is 3.99. The molecule has 0 spiro atoms. The Morgan fingerprint density at radius 1 is 1.24 bits per heavy atom. The van der Waals surface area contributed by atoms with Gasteiger partial charge < -0.3 is 9.47 Å². The number of ether oxygens (including phenoxy) is 2. The lowest BCUT2D eigenvalue weighted by Crippen LogP contribution is -2.37. The minimum absolute atomic E-state index is 0.100. The van der Waals surface area contributed by atoms with Crippen LogP contribution in [0.3, 0.4) is 0 Å². The second-order valence-corrected chi connectivity index (χ2v) is 5.60. The fourth-order valence-corrected chi connectivity index (χ4v) is 2.64. The molecule has 5 heteroatoms. The van der Waals surface area contributed by atoms with Crippen LogP contribution in [0, 0.1) is 5.82 Å². The summed E-state index contributed by atoms with van der Waals surface area (Å²) in [6.45, 7) is 0.189. The smallest absolute Gasteiger partial charge is 0.191 e. The number of rotatable bonds is 3. The van der Waals surface area contributed by atoms with Gasteiger partial charge in [0.25, 0.3) is 0 Å². The number of ketones is 1. The number of para-hydroxylation sites is 2. The minimum atomic E-state index is -0.642. The van der Waals surface area contributed by atoms with Crippen molar-refractivity contribution in [2.24, 2.45) is 0 Å². The number of carbonyl (C=O) groups is 1. The first-order chi connectivity index (χ1) is 10.1. The van der Waals surface area contributed by atoms with E-state index < -0.39 is 6.10 Å². The highest BCUT2D eigenvalue weighted by atomic mass is 79.9. The standard InChI is InChI=1S/C16H12BrFO3/c17-12-8-11(18)6-5-10(12)7-13(19)16-9-20-14-3-1-2-4-15(14)21-16/h1-6,8,16H,7,9H2. The Morgan fingerprint density at radius 3 is 2.76 bits per heavy atom. The highest BCUT2D eigenvalue weighted by Gasteiger charge is 2.27. The largest absolute Gasteiger partial charge is 0.485 e. The molecule has 0 aliphatic carbocycles. The molecule has 0 fully saturated rings. The van der Waals surface area contributed by atoms with Crippen molar-refractivity contribution >= 4 is 21.7 Å². The van der Waals surface area contributed by atoms with Gasteiger partial charge in [0.05, 0.1) is 0 Å². The third kappa shape index (κ3) is 3.08. The van der Waals surface area contributed by atoms with E-state index in [1.54, 1.807) is 18.2 Å². The minimum Gasteiger partial charge on any atom is -0.485 e. The summed E-state index contributed by atoms with van der Waals surface area (Å²) >= 11 is 3.26. The molecule has 0 saturated carbocycles. The monoisotopic (exact) mass is 350 g/mol. The topological polar surface area (TPSA) is 35.5 Å². The van der Waals surface area contributed by atoms with Crippen molar-refractivity contribution in [2.45, 2.75) is 12.5 Å². The Labute approximate surface area is 129 Å². The van der Waals surface area contributed by atoms with Crippen LogP contribution in [0.25, 0.3) is 0 Å². The molecule has 108 valence electrons. The Morgan fingerprint density at radius 2 is 2.00 bits per heavy atom. The van der Waals surface area contributed by atoms with Crippen LogP contribution in [0.1, 0.15) is 5.56 Å². The van der Waals surface area contributed by atoms with E-state index in [-0.39, 0.29) is 24.6 Å². The van der Waals surface area contributed by atoms with Crippen molar-refractivity contribution in [3.63, 3.8) is 0 Å². The first-order valence-corrected chi connectivity index (χ1v) is 7.28. The molecule has 1 atom stereocenters. The van der Waals surface area contributed by atoms with Gasteiger partial charge in [-0.2, -0.15) is 0 Å². The van der Waals surface area contributed by atoms with Crippen LogP contribution in [-0.4, -0.2) is 18.5 Å². The molecular weight excluding hydrogens is 339 g/mol. The maximum absolute atomic E-state index is 13.0. The van der Waals surface area contributed by atoms with Gasteiger partial charge in [-0.15, -0.1) is 0 Å². The molecule has 0 aromatic heterocycles. The lowest BCUT2D eigenvalue weighted by atomic mass is 10.1. The van der Waals surface area contributed by atoms with Gasteiger partial charge in [-0.25, -0.2) is 4.39 Å². The van der Waals surface area contributed by atoms with Crippen LogP contribution in [0.2, 0.25) is 0 Å². The molecule has 3 rings (SSSR count). The van der Waals surface area contributed by atoms with Crippen LogP contribution in [0.5, 0.6) is 11.5 Å². The van der Waals surface area contributed by atoms with Gasteiger partial charge in [0, 0.05) is 10.9 Å². The maximum Gasteiger partial charge on any atom is 0.191 e. The summed E-state index contributed by atoms with van der Waals surface area (Å²) in [6, 6.07) is 11.5. The van der Waals surface area contributed by atoms with E-state index in [1.165, 1.54) is 12.1 Å². The van der Waals surface area contributed by atoms with Gasteiger partial charge in [-0.1, -0.05) is 34.1 Å². The lowest BCUT2D eigenvalue weighted by Gasteiger charge is -2.25.